The molecule has 4 rings (SSSR count). The molecule has 0 N–H and O–H groups in total. The Morgan fingerprint density at radius 1 is 1.19 bits per heavy atom. The van der Waals surface area contributed by atoms with Crippen LogP contribution in [0.5, 0.6) is 0 Å². The van der Waals surface area contributed by atoms with Crippen LogP contribution in [-0.2, 0) is 15.6 Å². The number of fused-ring (bicyclic) bond motifs is 1. The van der Waals surface area contributed by atoms with E-state index in [0.717, 1.165) is 17.2 Å². The van der Waals surface area contributed by atoms with Crippen LogP contribution in [0.2, 0.25) is 0 Å². The lowest BCUT2D eigenvalue weighted by Gasteiger charge is -2.27. The van der Waals surface area contributed by atoms with E-state index in [1.54, 1.807) is 4.90 Å². The number of sulfone groups is 1. The molecule has 2 aromatic rings. The minimum Gasteiger partial charge on any atom is -0.312 e. The van der Waals surface area contributed by atoms with Crippen molar-refractivity contribution < 1.29 is 17.2 Å². The number of hydrogen-bond acceptors (Lipinski definition) is 5. The average Bonchev–Trinajstić information content (AvgIpc) is 3.06. The Bertz CT molecular complexity index is 1020. The maximum absolute atomic E-state index is 14.5. The van der Waals surface area contributed by atoms with Crippen molar-refractivity contribution in [2.75, 3.05) is 16.4 Å². The summed E-state index contributed by atoms with van der Waals surface area (Å²) >= 11 is 1.44. The maximum atomic E-state index is 14.5. The zero-order valence-electron chi connectivity index (χ0n) is 14.6. The van der Waals surface area contributed by atoms with Crippen LogP contribution in [0.15, 0.2) is 47.5 Å². The van der Waals surface area contributed by atoms with Gasteiger partial charge in [0, 0.05) is 11.8 Å². The quantitative estimate of drug-likeness (QED) is 0.779. The Morgan fingerprint density at radius 2 is 1.96 bits per heavy atom. The predicted molar refractivity (Wildman–Crippen MR) is 105 cm³/mol. The molecule has 27 heavy (non-hydrogen) atoms. The third-order valence-corrected chi connectivity index (χ3v) is 7.61. The average molecular weight is 408 g/mol. The summed E-state index contributed by atoms with van der Waals surface area (Å²) in [6, 6.07) is 10.4. The molecule has 4 nitrogen and oxygen atoms in total. The van der Waals surface area contributed by atoms with Crippen LogP contribution in [0, 0.1) is 18.6 Å². The lowest BCUT2D eigenvalue weighted by Crippen LogP contribution is -2.39. The minimum atomic E-state index is -3.22. The highest BCUT2D eigenvalue weighted by atomic mass is 32.2. The van der Waals surface area contributed by atoms with E-state index >= 15 is 0 Å². The van der Waals surface area contributed by atoms with Crippen molar-refractivity contribution in [3.05, 3.63) is 65.2 Å². The van der Waals surface area contributed by atoms with E-state index in [2.05, 4.69) is 4.99 Å². The summed E-state index contributed by atoms with van der Waals surface area (Å²) in [5.74, 6) is -0.865. The zero-order valence-corrected chi connectivity index (χ0v) is 16.2. The van der Waals surface area contributed by atoms with Gasteiger partial charge in [0.05, 0.1) is 29.3 Å². The lowest BCUT2D eigenvalue weighted by molar-refractivity contribution is 0.577. The van der Waals surface area contributed by atoms with E-state index in [-0.39, 0.29) is 17.2 Å². The number of thioether (sulfide) groups is 1. The highest BCUT2D eigenvalue weighted by molar-refractivity contribution is 8.13. The van der Waals surface area contributed by atoms with Crippen molar-refractivity contribution in [3.63, 3.8) is 0 Å². The van der Waals surface area contributed by atoms with Gasteiger partial charge in [-0.05, 0) is 30.2 Å². The smallest absolute Gasteiger partial charge is 0.164 e. The number of anilines is 1. The van der Waals surface area contributed by atoms with Gasteiger partial charge in [-0.15, -0.1) is 0 Å². The van der Waals surface area contributed by atoms with E-state index in [0.29, 0.717) is 10.9 Å². The number of nitrogens with zero attached hydrogens (tertiary/aromatic N) is 2. The number of hydrogen-bond donors (Lipinski definition) is 0. The highest BCUT2D eigenvalue weighted by Crippen LogP contribution is 2.37. The summed E-state index contributed by atoms with van der Waals surface area (Å²) in [5.41, 5.74) is 2.44. The molecule has 0 aromatic heterocycles. The maximum Gasteiger partial charge on any atom is 0.164 e. The number of halogens is 2. The Balaban J connectivity index is 1.66. The van der Waals surface area contributed by atoms with E-state index in [1.807, 2.05) is 31.2 Å². The van der Waals surface area contributed by atoms with E-state index in [1.165, 1.54) is 23.9 Å². The Kier molecular flexibility index (Phi) is 4.71. The van der Waals surface area contributed by atoms with Gasteiger partial charge >= 0.3 is 0 Å². The third kappa shape index (κ3) is 3.60. The summed E-state index contributed by atoms with van der Waals surface area (Å²) in [4.78, 5) is 6.21. The van der Waals surface area contributed by atoms with E-state index < -0.39 is 33.6 Å². The van der Waals surface area contributed by atoms with Crippen LogP contribution in [0.3, 0.4) is 0 Å². The zero-order chi connectivity index (χ0) is 19.2. The van der Waals surface area contributed by atoms with Gasteiger partial charge in [-0.2, -0.15) is 0 Å². The van der Waals surface area contributed by atoms with Gasteiger partial charge in [0.15, 0.2) is 15.0 Å². The Hall–Kier alpha value is -1.93. The number of aliphatic imine (C=N–C) groups is 1. The third-order valence-electron chi connectivity index (χ3n) is 4.89. The first-order chi connectivity index (χ1) is 12.8. The first-order valence-corrected chi connectivity index (χ1v) is 11.3. The van der Waals surface area contributed by atoms with Gasteiger partial charge in [-0.25, -0.2) is 17.2 Å². The van der Waals surface area contributed by atoms with Gasteiger partial charge in [0.2, 0.25) is 0 Å². The lowest BCUT2D eigenvalue weighted by atomic mass is 10.1. The molecule has 2 unspecified atom stereocenters. The van der Waals surface area contributed by atoms with Crippen LogP contribution in [0.25, 0.3) is 0 Å². The SMILES string of the molecule is Cc1ccccc1CSC1=NC2CS(=O)(=O)CC2N1c1ccc(F)cc1F. The molecular weight excluding hydrogens is 390 g/mol. The minimum absolute atomic E-state index is 0.0363. The normalized spacial score (nSPS) is 23.4. The molecule has 0 aliphatic carbocycles. The van der Waals surface area contributed by atoms with Crippen molar-refractivity contribution in [2.24, 2.45) is 4.99 Å². The van der Waals surface area contributed by atoms with Crippen molar-refractivity contribution in [1.29, 1.82) is 0 Å². The number of aryl methyl sites for hydroxylation is 1. The first-order valence-electron chi connectivity index (χ1n) is 8.54. The fourth-order valence-electron chi connectivity index (χ4n) is 3.51. The molecule has 2 aliphatic heterocycles. The molecule has 0 amide bonds. The molecule has 2 aromatic carbocycles. The van der Waals surface area contributed by atoms with Crippen molar-refractivity contribution in [2.45, 2.75) is 24.8 Å². The summed E-state index contributed by atoms with van der Waals surface area (Å²) in [6.45, 7) is 2.02. The topological polar surface area (TPSA) is 49.7 Å². The molecule has 2 atom stereocenters. The number of rotatable bonds is 3. The van der Waals surface area contributed by atoms with Crippen LogP contribution in [-0.4, -0.2) is 37.2 Å². The molecule has 1 fully saturated rings. The van der Waals surface area contributed by atoms with Crippen molar-refractivity contribution in [1.82, 2.24) is 0 Å². The van der Waals surface area contributed by atoms with Crippen molar-refractivity contribution in [3.8, 4) is 0 Å². The van der Waals surface area contributed by atoms with Gasteiger partial charge in [0.25, 0.3) is 0 Å². The fraction of sp³-hybridized carbons (Fsp3) is 0.316. The van der Waals surface area contributed by atoms with Crippen LogP contribution in [0.4, 0.5) is 14.5 Å². The Morgan fingerprint density at radius 3 is 2.70 bits per heavy atom. The monoisotopic (exact) mass is 408 g/mol. The molecule has 1 saturated heterocycles. The molecule has 0 saturated carbocycles. The second-order valence-corrected chi connectivity index (χ2v) is 9.90. The molecule has 8 heteroatoms. The van der Waals surface area contributed by atoms with Crippen molar-refractivity contribution >= 4 is 32.5 Å². The van der Waals surface area contributed by atoms with Crippen LogP contribution >= 0.6 is 11.8 Å². The molecule has 2 heterocycles. The number of benzene rings is 2. The van der Waals surface area contributed by atoms with E-state index in [4.69, 9.17) is 0 Å². The molecule has 0 bridgehead atoms. The molecule has 0 radical (unpaired) electrons. The highest BCUT2D eigenvalue weighted by Gasteiger charge is 2.47. The van der Waals surface area contributed by atoms with Gasteiger partial charge in [-0.3, -0.25) is 4.99 Å². The van der Waals surface area contributed by atoms with Crippen LogP contribution < -0.4 is 4.90 Å². The standard InChI is InChI=1S/C19H18F2N2O2S2/c1-12-4-2-3-5-13(12)9-26-19-22-16-10-27(24,25)11-18(16)23(19)17-7-6-14(20)8-15(17)21/h2-8,16,18H,9-11H2,1H3. The second kappa shape index (κ2) is 6.91. The van der Waals surface area contributed by atoms with Gasteiger partial charge < -0.3 is 4.90 Å². The largest absolute Gasteiger partial charge is 0.312 e. The summed E-state index contributed by atoms with van der Waals surface area (Å²) < 4.78 is 51.9. The molecule has 0 spiro atoms. The first kappa shape index (κ1) is 18.4. The summed E-state index contributed by atoms with van der Waals surface area (Å²) in [5, 5.41) is 0.577. The van der Waals surface area contributed by atoms with Gasteiger partial charge in [0.1, 0.15) is 11.6 Å². The van der Waals surface area contributed by atoms with Gasteiger partial charge in [-0.1, -0.05) is 36.0 Å². The number of amidine groups is 1. The van der Waals surface area contributed by atoms with Crippen LogP contribution in [0.1, 0.15) is 11.1 Å². The molecular formula is C19H18F2N2O2S2. The summed E-state index contributed by atoms with van der Waals surface area (Å²) in [7, 11) is -3.22. The molecule has 2 aliphatic rings. The predicted octanol–water partition coefficient (Wildman–Crippen LogP) is 3.55. The molecule has 142 valence electrons. The van der Waals surface area contributed by atoms with E-state index in [9.17, 15) is 17.2 Å². The second-order valence-electron chi connectivity index (χ2n) is 6.80. The fourth-order valence-corrected chi connectivity index (χ4v) is 6.54. The summed E-state index contributed by atoms with van der Waals surface area (Å²) in [6.07, 6.45) is 0. The Labute approximate surface area is 161 Å².